The molecule has 114 valence electrons. The molecule has 0 aromatic rings. The molecule has 0 aliphatic carbocycles. The van der Waals surface area contributed by atoms with E-state index in [1.165, 1.54) is 0 Å². The molecular formula is C11H19N3O5S. The lowest BCUT2D eigenvalue weighted by atomic mass is 10.1. The van der Waals surface area contributed by atoms with Gasteiger partial charge in [-0.25, -0.2) is 4.79 Å². The summed E-state index contributed by atoms with van der Waals surface area (Å²) in [5.41, 5.74) is 5.37. The predicted molar refractivity (Wildman–Crippen MR) is 73.5 cm³/mol. The number of nitrogens with one attached hydrogen (secondary N) is 1. The minimum atomic E-state index is -0.701. The first-order valence-electron chi connectivity index (χ1n) is 6.40. The summed E-state index contributed by atoms with van der Waals surface area (Å²) in [5, 5.41) is 12.1. The number of carbonyl (C=O) groups excluding carboxylic acids is 2. The van der Waals surface area contributed by atoms with Crippen LogP contribution in [0.3, 0.4) is 0 Å². The van der Waals surface area contributed by atoms with Crippen molar-refractivity contribution >= 4 is 23.9 Å². The molecule has 20 heavy (non-hydrogen) atoms. The largest absolute Gasteiger partial charge is 0.392 e. The molecule has 1 unspecified atom stereocenters. The number of hydrogen-bond acceptors (Lipinski definition) is 9. The third-order valence-electron chi connectivity index (χ3n) is 3.01. The summed E-state index contributed by atoms with van der Waals surface area (Å²) in [4.78, 5) is 33.7. The van der Waals surface area contributed by atoms with Crippen LogP contribution in [-0.4, -0.2) is 48.0 Å². The first-order chi connectivity index (χ1) is 9.58. The normalized spacial score (nSPS) is 23.3. The fourth-order valence-corrected chi connectivity index (χ4v) is 2.45. The van der Waals surface area contributed by atoms with Crippen LogP contribution in [0, 0.1) is 10.8 Å². The van der Waals surface area contributed by atoms with Crippen LogP contribution in [0.2, 0.25) is 0 Å². The summed E-state index contributed by atoms with van der Waals surface area (Å²) in [6.07, 6.45) is 0.648. The van der Waals surface area contributed by atoms with Crippen LogP contribution in [0.5, 0.6) is 0 Å². The van der Waals surface area contributed by atoms with Gasteiger partial charge in [0.05, 0.1) is 12.0 Å². The van der Waals surface area contributed by atoms with E-state index in [1.807, 2.05) is 0 Å². The molecule has 0 radical (unpaired) electrons. The van der Waals surface area contributed by atoms with Gasteiger partial charge in [-0.15, -0.1) is 4.91 Å². The van der Waals surface area contributed by atoms with Crippen molar-refractivity contribution in [3.63, 3.8) is 0 Å². The van der Waals surface area contributed by atoms with Crippen LogP contribution < -0.4 is 11.1 Å². The fourth-order valence-electron chi connectivity index (χ4n) is 1.90. The van der Waals surface area contributed by atoms with Gasteiger partial charge in [0, 0.05) is 35.2 Å². The molecule has 0 saturated carbocycles. The van der Waals surface area contributed by atoms with Crippen LogP contribution in [0.15, 0.2) is 4.58 Å². The van der Waals surface area contributed by atoms with Gasteiger partial charge in [-0.2, -0.15) is 0 Å². The van der Waals surface area contributed by atoms with Gasteiger partial charge in [0.25, 0.3) is 0 Å². The molecule has 1 aliphatic rings. The Morgan fingerprint density at radius 3 is 2.85 bits per heavy atom. The van der Waals surface area contributed by atoms with Crippen LogP contribution in [0.25, 0.3) is 0 Å². The SMILES string of the molecule is NCCC[C@H](CSN=O)C(=O)OC(=O)[C@@H]1CC(O)CN1. The van der Waals surface area contributed by atoms with E-state index in [4.69, 9.17) is 10.5 Å². The molecule has 0 bridgehead atoms. The van der Waals surface area contributed by atoms with Crippen molar-refractivity contribution in [1.29, 1.82) is 0 Å². The van der Waals surface area contributed by atoms with Crippen molar-refractivity contribution in [3.05, 3.63) is 4.91 Å². The zero-order valence-electron chi connectivity index (χ0n) is 11.0. The van der Waals surface area contributed by atoms with Gasteiger partial charge in [-0.3, -0.25) is 4.79 Å². The number of β-amino-alcohol motifs (C(OH)–C–C–N with tert-alkyl or cyclic N) is 1. The maximum absolute atomic E-state index is 11.9. The van der Waals surface area contributed by atoms with Gasteiger partial charge in [0.15, 0.2) is 0 Å². The molecule has 0 aromatic carbocycles. The van der Waals surface area contributed by atoms with E-state index in [1.54, 1.807) is 0 Å². The Labute approximate surface area is 120 Å². The smallest absolute Gasteiger partial charge is 0.330 e. The Kier molecular flexibility index (Phi) is 7.67. The Hall–Kier alpha value is -1.03. The summed E-state index contributed by atoms with van der Waals surface area (Å²) >= 11 is 0.716. The minimum absolute atomic E-state index is 0.163. The topological polar surface area (TPSA) is 131 Å². The second kappa shape index (κ2) is 9.01. The summed E-state index contributed by atoms with van der Waals surface area (Å²) in [6, 6.07) is -0.666. The van der Waals surface area contributed by atoms with Gasteiger partial charge in [0.1, 0.15) is 6.04 Å². The van der Waals surface area contributed by atoms with E-state index >= 15 is 0 Å². The molecular weight excluding hydrogens is 286 g/mol. The summed E-state index contributed by atoms with van der Waals surface area (Å²) in [7, 11) is 0. The van der Waals surface area contributed by atoms with Crippen molar-refractivity contribution in [2.75, 3.05) is 18.8 Å². The van der Waals surface area contributed by atoms with E-state index in [-0.39, 0.29) is 12.2 Å². The molecule has 1 aliphatic heterocycles. The lowest BCUT2D eigenvalue weighted by Crippen LogP contribution is -2.35. The van der Waals surface area contributed by atoms with Crippen molar-refractivity contribution in [3.8, 4) is 0 Å². The van der Waals surface area contributed by atoms with Crippen LogP contribution in [-0.2, 0) is 14.3 Å². The van der Waals surface area contributed by atoms with Crippen molar-refractivity contribution in [1.82, 2.24) is 5.32 Å². The van der Waals surface area contributed by atoms with E-state index < -0.39 is 30.0 Å². The Morgan fingerprint density at radius 2 is 2.30 bits per heavy atom. The number of nitroso groups, excluding NO2 is 1. The summed E-state index contributed by atoms with van der Waals surface area (Å²) in [5.74, 6) is -1.80. The molecule has 8 nitrogen and oxygen atoms in total. The third-order valence-corrected chi connectivity index (χ3v) is 3.67. The number of carbonyl (C=O) groups is 2. The number of rotatable bonds is 8. The summed E-state index contributed by atoms with van der Waals surface area (Å²) in [6.45, 7) is 0.711. The number of aliphatic hydroxyl groups excluding tert-OH is 1. The third kappa shape index (κ3) is 5.53. The maximum Gasteiger partial charge on any atom is 0.330 e. The first kappa shape index (κ1) is 17.0. The van der Waals surface area contributed by atoms with Crippen molar-refractivity contribution in [2.24, 2.45) is 16.2 Å². The van der Waals surface area contributed by atoms with E-state index in [0.29, 0.717) is 37.9 Å². The first-order valence-corrected chi connectivity index (χ1v) is 7.34. The van der Waals surface area contributed by atoms with Crippen LogP contribution in [0.4, 0.5) is 0 Å². The molecule has 1 rings (SSSR count). The monoisotopic (exact) mass is 305 g/mol. The van der Waals surface area contributed by atoms with Gasteiger partial charge >= 0.3 is 11.9 Å². The molecule has 4 N–H and O–H groups in total. The maximum atomic E-state index is 11.9. The Morgan fingerprint density at radius 1 is 1.55 bits per heavy atom. The molecule has 1 fully saturated rings. The van der Waals surface area contributed by atoms with E-state index in [2.05, 4.69) is 9.90 Å². The minimum Gasteiger partial charge on any atom is -0.392 e. The standard InChI is InChI=1S/C11H19N3O5S/c12-3-1-2-7(6-20-14-18)10(16)19-11(17)9-4-8(15)5-13-9/h7-9,13,15H,1-6,12H2/t7-,8?,9+/m1/s1. The number of nitrogens with zero attached hydrogens (tertiary/aromatic N) is 1. The highest BCUT2D eigenvalue weighted by atomic mass is 32.2. The zero-order valence-corrected chi connectivity index (χ0v) is 11.8. The molecule has 0 amide bonds. The predicted octanol–water partition coefficient (Wildman–Crippen LogP) is -0.451. The molecule has 3 atom stereocenters. The highest BCUT2D eigenvalue weighted by molar-refractivity contribution is 7.97. The molecule has 0 spiro atoms. The van der Waals surface area contributed by atoms with Crippen LogP contribution >= 0.6 is 11.9 Å². The molecule has 0 aromatic heterocycles. The van der Waals surface area contributed by atoms with Crippen LogP contribution in [0.1, 0.15) is 19.3 Å². The van der Waals surface area contributed by atoms with Gasteiger partial charge < -0.3 is 20.9 Å². The fraction of sp³-hybridized carbons (Fsp3) is 0.818. The van der Waals surface area contributed by atoms with E-state index in [9.17, 15) is 19.6 Å². The lowest BCUT2D eigenvalue weighted by molar-refractivity contribution is -0.163. The zero-order chi connectivity index (χ0) is 15.0. The van der Waals surface area contributed by atoms with Crippen molar-refractivity contribution in [2.45, 2.75) is 31.4 Å². The number of hydrogen-bond donors (Lipinski definition) is 3. The second-order valence-electron chi connectivity index (χ2n) is 4.59. The molecule has 1 heterocycles. The van der Waals surface area contributed by atoms with Crippen molar-refractivity contribution < 1.29 is 19.4 Å². The van der Waals surface area contributed by atoms with Gasteiger partial charge in [-0.1, -0.05) is 0 Å². The molecule has 9 heteroatoms. The van der Waals surface area contributed by atoms with Gasteiger partial charge in [-0.05, 0) is 19.4 Å². The van der Waals surface area contributed by atoms with E-state index in [0.717, 1.165) is 0 Å². The highest BCUT2D eigenvalue weighted by Crippen LogP contribution is 2.17. The average molecular weight is 305 g/mol. The quantitative estimate of drug-likeness (QED) is 0.238. The number of ether oxygens (including phenoxy) is 1. The summed E-state index contributed by atoms with van der Waals surface area (Å²) < 4.78 is 7.42. The number of esters is 2. The number of aliphatic hydroxyl groups is 1. The second-order valence-corrected chi connectivity index (χ2v) is 5.33. The highest BCUT2D eigenvalue weighted by Gasteiger charge is 2.32. The molecule has 1 saturated heterocycles. The van der Waals surface area contributed by atoms with Gasteiger partial charge in [0.2, 0.25) is 0 Å². The Bertz CT molecular complexity index is 355. The lowest BCUT2D eigenvalue weighted by Gasteiger charge is -2.14. The Balaban J connectivity index is 2.46. The number of nitrogens with two attached hydrogens (primary N) is 1. The average Bonchev–Trinajstić information content (AvgIpc) is 2.85.